The smallest absolute Gasteiger partial charge is 0.255 e. The molecule has 0 aliphatic rings. The largest absolute Gasteiger partial charge is 0.434 e. The Bertz CT molecular complexity index is 1020. The fourth-order valence-electron chi connectivity index (χ4n) is 2.57. The summed E-state index contributed by atoms with van der Waals surface area (Å²) < 4.78 is 5.77. The number of hydrogen-bond donors (Lipinski definition) is 1. The first-order valence-electron chi connectivity index (χ1n) is 7.89. The van der Waals surface area contributed by atoms with Crippen LogP contribution in [0, 0.1) is 6.92 Å². The number of pyridine rings is 1. The molecule has 0 spiro atoms. The predicted molar refractivity (Wildman–Crippen MR) is 96.4 cm³/mol. The van der Waals surface area contributed by atoms with E-state index >= 15 is 0 Å². The number of aromatic nitrogens is 2. The molecule has 4 rings (SSSR count). The molecule has 5 heteroatoms. The van der Waals surface area contributed by atoms with Crippen molar-refractivity contribution in [1.29, 1.82) is 0 Å². The SMILES string of the molecule is Cc1ccc(C(=O)Nc2ccccc2-c2nc3ccncc3o2)cc1. The van der Waals surface area contributed by atoms with Crippen LogP contribution in [0.1, 0.15) is 15.9 Å². The van der Waals surface area contributed by atoms with Crippen molar-refractivity contribution < 1.29 is 9.21 Å². The highest BCUT2D eigenvalue weighted by Crippen LogP contribution is 2.30. The number of para-hydroxylation sites is 1. The number of fused-ring (bicyclic) bond motifs is 1. The summed E-state index contributed by atoms with van der Waals surface area (Å²) in [7, 11) is 0. The molecule has 2 heterocycles. The summed E-state index contributed by atoms with van der Waals surface area (Å²) in [6.45, 7) is 1.99. The number of nitrogens with zero attached hydrogens (tertiary/aromatic N) is 2. The van der Waals surface area contributed by atoms with Crippen molar-refractivity contribution >= 4 is 22.7 Å². The average Bonchev–Trinajstić information content (AvgIpc) is 3.06. The van der Waals surface area contributed by atoms with E-state index < -0.39 is 0 Å². The number of hydrogen-bond acceptors (Lipinski definition) is 4. The average molecular weight is 329 g/mol. The van der Waals surface area contributed by atoms with Gasteiger partial charge in [-0.3, -0.25) is 9.78 Å². The molecule has 122 valence electrons. The van der Waals surface area contributed by atoms with Crippen molar-refractivity contribution in [2.45, 2.75) is 6.92 Å². The zero-order valence-electron chi connectivity index (χ0n) is 13.6. The van der Waals surface area contributed by atoms with Crippen LogP contribution in [0.2, 0.25) is 0 Å². The fraction of sp³-hybridized carbons (Fsp3) is 0.0500. The molecule has 0 radical (unpaired) electrons. The van der Waals surface area contributed by atoms with Crippen LogP contribution in [0.15, 0.2) is 71.4 Å². The fourth-order valence-corrected chi connectivity index (χ4v) is 2.57. The number of carbonyl (C=O) groups is 1. The maximum absolute atomic E-state index is 12.5. The summed E-state index contributed by atoms with van der Waals surface area (Å²) in [6.07, 6.45) is 3.29. The van der Waals surface area contributed by atoms with Gasteiger partial charge in [0.1, 0.15) is 5.52 Å². The minimum absolute atomic E-state index is 0.176. The van der Waals surface area contributed by atoms with Crippen LogP contribution in [0.3, 0.4) is 0 Å². The Labute approximate surface area is 144 Å². The van der Waals surface area contributed by atoms with Gasteiger partial charge >= 0.3 is 0 Å². The molecule has 0 unspecified atom stereocenters. The van der Waals surface area contributed by atoms with Crippen molar-refractivity contribution in [2.75, 3.05) is 5.32 Å². The monoisotopic (exact) mass is 329 g/mol. The normalized spacial score (nSPS) is 10.8. The summed E-state index contributed by atoms with van der Waals surface area (Å²) in [5, 5.41) is 2.93. The molecule has 1 amide bonds. The van der Waals surface area contributed by atoms with Gasteiger partial charge in [-0.15, -0.1) is 0 Å². The predicted octanol–water partition coefficient (Wildman–Crippen LogP) is 4.45. The number of carbonyl (C=O) groups excluding carboxylic acids is 1. The Balaban J connectivity index is 1.69. The summed E-state index contributed by atoms with van der Waals surface area (Å²) in [5.74, 6) is 0.271. The number of oxazole rings is 1. The van der Waals surface area contributed by atoms with E-state index in [-0.39, 0.29) is 5.91 Å². The molecule has 2 aromatic heterocycles. The lowest BCUT2D eigenvalue weighted by atomic mass is 10.1. The maximum atomic E-state index is 12.5. The number of rotatable bonds is 3. The van der Waals surface area contributed by atoms with Crippen LogP contribution in [0.4, 0.5) is 5.69 Å². The van der Waals surface area contributed by atoms with Gasteiger partial charge in [-0.1, -0.05) is 29.8 Å². The minimum Gasteiger partial charge on any atom is -0.434 e. The molecule has 0 atom stereocenters. The third-order valence-corrected chi connectivity index (χ3v) is 3.91. The zero-order valence-corrected chi connectivity index (χ0v) is 13.6. The lowest BCUT2D eigenvalue weighted by molar-refractivity contribution is 0.102. The molecule has 4 aromatic rings. The Kier molecular flexibility index (Phi) is 3.74. The first-order valence-corrected chi connectivity index (χ1v) is 7.89. The summed E-state index contributed by atoms with van der Waals surface area (Å²) in [4.78, 5) is 21.0. The summed E-state index contributed by atoms with van der Waals surface area (Å²) in [6, 6.07) is 16.6. The number of nitrogens with one attached hydrogen (secondary N) is 1. The molecule has 0 saturated heterocycles. The van der Waals surface area contributed by atoms with Gasteiger partial charge < -0.3 is 9.73 Å². The van der Waals surface area contributed by atoms with Gasteiger partial charge in [0.15, 0.2) is 5.58 Å². The zero-order chi connectivity index (χ0) is 17.2. The third-order valence-electron chi connectivity index (χ3n) is 3.91. The molecule has 0 fully saturated rings. The molecule has 1 N–H and O–H groups in total. The number of amides is 1. The second-order valence-corrected chi connectivity index (χ2v) is 5.73. The van der Waals surface area contributed by atoms with Crippen LogP contribution < -0.4 is 5.32 Å². The van der Waals surface area contributed by atoms with E-state index in [9.17, 15) is 4.79 Å². The lowest BCUT2D eigenvalue weighted by Gasteiger charge is -2.09. The van der Waals surface area contributed by atoms with Crippen molar-refractivity contribution in [2.24, 2.45) is 0 Å². The summed E-state index contributed by atoms with van der Waals surface area (Å²) in [5.41, 5.74) is 4.41. The Morgan fingerprint density at radius 1 is 1.04 bits per heavy atom. The summed E-state index contributed by atoms with van der Waals surface area (Å²) >= 11 is 0. The van der Waals surface area contributed by atoms with E-state index in [1.807, 2.05) is 43.3 Å². The lowest BCUT2D eigenvalue weighted by Crippen LogP contribution is -2.12. The highest BCUT2D eigenvalue weighted by molar-refractivity contribution is 6.06. The van der Waals surface area contributed by atoms with Gasteiger partial charge in [-0.25, -0.2) is 4.98 Å². The van der Waals surface area contributed by atoms with Gasteiger partial charge in [0.05, 0.1) is 17.4 Å². The molecular formula is C20H15N3O2. The molecule has 5 nitrogen and oxygen atoms in total. The van der Waals surface area contributed by atoms with E-state index in [1.165, 1.54) is 0 Å². The third kappa shape index (κ3) is 2.99. The number of benzene rings is 2. The van der Waals surface area contributed by atoms with Gasteiger partial charge in [-0.05, 0) is 37.3 Å². The van der Waals surface area contributed by atoms with E-state index in [1.54, 1.807) is 30.6 Å². The second-order valence-electron chi connectivity index (χ2n) is 5.73. The standard InChI is InChI=1S/C20H15N3O2/c1-13-6-8-14(9-7-13)19(24)22-16-5-3-2-4-15(16)20-23-17-10-11-21-12-18(17)25-20/h2-12H,1H3,(H,22,24). The Morgan fingerprint density at radius 2 is 1.84 bits per heavy atom. The first-order chi connectivity index (χ1) is 12.2. The van der Waals surface area contributed by atoms with Crippen molar-refractivity contribution in [3.63, 3.8) is 0 Å². The van der Waals surface area contributed by atoms with Gasteiger partial charge in [0.2, 0.25) is 5.89 Å². The topological polar surface area (TPSA) is 68.0 Å². The van der Waals surface area contributed by atoms with Crippen LogP contribution in [0.5, 0.6) is 0 Å². The van der Waals surface area contributed by atoms with Crippen LogP contribution in [-0.2, 0) is 0 Å². The van der Waals surface area contributed by atoms with Crippen molar-refractivity contribution in [3.8, 4) is 11.5 Å². The molecule has 0 aliphatic carbocycles. The number of aryl methyl sites for hydroxylation is 1. The van der Waals surface area contributed by atoms with Gasteiger partial charge in [-0.2, -0.15) is 0 Å². The van der Waals surface area contributed by atoms with Crippen molar-refractivity contribution in [3.05, 3.63) is 78.1 Å². The molecule has 0 bridgehead atoms. The highest BCUT2D eigenvalue weighted by Gasteiger charge is 2.14. The van der Waals surface area contributed by atoms with Gasteiger partial charge in [0, 0.05) is 11.8 Å². The molecule has 0 aliphatic heterocycles. The van der Waals surface area contributed by atoms with E-state index in [0.29, 0.717) is 22.7 Å². The van der Waals surface area contributed by atoms with Crippen LogP contribution >= 0.6 is 0 Å². The Morgan fingerprint density at radius 3 is 2.64 bits per heavy atom. The van der Waals surface area contributed by atoms with E-state index in [4.69, 9.17) is 4.42 Å². The molecule has 25 heavy (non-hydrogen) atoms. The minimum atomic E-state index is -0.176. The second kappa shape index (κ2) is 6.20. The Hall–Kier alpha value is -3.47. The van der Waals surface area contributed by atoms with E-state index in [2.05, 4.69) is 15.3 Å². The van der Waals surface area contributed by atoms with Crippen LogP contribution in [0.25, 0.3) is 22.6 Å². The number of anilines is 1. The first kappa shape index (κ1) is 15.1. The van der Waals surface area contributed by atoms with E-state index in [0.717, 1.165) is 16.6 Å². The van der Waals surface area contributed by atoms with Crippen LogP contribution in [-0.4, -0.2) is 15.9 Å². The molecule has 0 saturated carbocycles. The van der Waals surface area contributed by atoms with Crippen molar-refractivity contribution in [1.82, 2.24) is 9.97 Å². The molecule has 2 aromatic carbocycles. The van der Waals surface area contributed by atoms with Gasteiger partial charge in [0.25, 0.3) is 5.91 Å². The quantitative estimate of drug-likeness (QED) is 0.603. The highest BCUT2D eigenvalue weighted by atomic mass is 16.3. The maximum Gasteiger partial charge on any atom is 0.255 e. The molecular weight excluding hydrogens is 314 g/mol.